The number of aromatic nitrogens is 1. The Morgan fingerprint density at radius 3 is 2.75 bits per heavy atom. The van der Waals surface area contributed by atoms with Gasteiger partial charge in [-0.3, -0.25) is 0 Å². The molecule has 0 radical (unpaired) electrons. The van der Waals surface area contributed by atoms with E-state index in [2.05, 4.69) is 4.98 Å². The van der Waals surface area contributed by atoms with Gasteiger partial charge >= 0.3 is 0 Å². The summed E-state index contributed by atoms with van der Waals surface area (Å²) in [4.78, 5) is 4.23. The van der Waals surface area contributed by atoms with Crippen LogP contribution in [0.3, 0.4) is 0 Å². The molecule has 1 heterocycles. The fourth-order valence-corrected chi connectivity index (χ4v) is 2.05. The van der Waals surface area contributed by atoms with Gasteiger partial charge in [-0.25, -0.2) is 4.98 Å². The van der Waals surface area contributed by atoms with Crippen LogP contribution in [0.15, 0.2) is 18.3 Å². The van der Waals surface area contributed by atoms with Crippen molar-refractivity contribution >= 4 is 0 Å². The summed E-state index contributed by atoms with van der Waals surface area (Å²) in [5.74, 6) is 0.686. The van der Waals surface area contributed by atoms with Crippen molar-refractivity contribution in [2.24, 2.45) is 11.5 Å². The second kappa shape index (κ2) is 5.27. The first-order valence-electron chi connectivity index (χ1n) is 5.86. The highest BCUT2D eigenvalue weighted by Crippen LogP contribution is 2.23. The number of hydrogen-bond acceptors (Lipinski definition) is 4. The van der Waals surface area contributed by atoms with Crippen molar-refractivity contribution in [3.8, 4) is 5.88 Å². The van der Waals surface area contributed by atoms with Crippen molar-refractivity contribution in [2.45, 2.75) is 44.4 Å². The first kappa shape index (κ1) is 11.4. The quantitative estimate of drug-likeness (QED) is 0.804. The minimum Gasteiger partial charge on any atom is -0.474 e. The van der Waals surface area contributed by atoms with E-state index >= 15 is 0 Å². The Labute approximate surface area is 96.0 Å². The number of rotatable bonds is 3. The van der Waals surface area contributed by atoms with E-state index in [0.29, 0.717) is 18.5 Å². The second-order valence-electron chi connectivity index (χ2n) is 4.33. The molecule has 1 saturated carbocycles. The van der Waals surface area contributed by atoms with Crippen LogP contribution in [0.1, 0.15) is 31.2 Å². The average Bonchev–Trinajstić information content (AvgIpc) is 2.33. The molecular formula is C12H19N3O. The van der Waals surface area contributed by atoms with Gasteiger partial charge in [0.2, 0.25) is 5.88 Å². The van der Waals surface area contributed by atoms with E-state index in [1.54, 1.807) is 6.20 Å². The minimum absolute atomic E-state index is 0.250. The fourth-order valence-electron chi connectivity index (χ4n) is 2.05. The maximum absolute atomic E-state index is 5.88. The van der Waals surface area contributed by atoms with Crippen molar-refractivity contribution in [1.82, 2.24) is 4.98 Å². The van der Waals surface area contributed by atoms with Gasteiger partial charge in [-0.1, -0.05) is 6.07 Å². The van der Waals surface area contributed by atoms with E-state index < -0.39 is 0 Å². The molecule has 4 nitrogen and oxygen atoms in total. The molecule has 1 aliphatic rings. The molecule has 2 rings (SSSR count). The van der Waals surface area contributed by atoms with Crippen molar-refractivity contribution in [3.63, 3.8) is 0 Å². The van der Waals surface area contributed by atoms with E-state index in [4.69, 9.17) is 16.2 Å². The van der Waals surface area contributed by atoms with Gasteiger partial charge in [0.15, 0.2) is 0 Å². The molecule has 0 saturated heterocycles. The molecule has 1 aromatic rings. The number of ether oxygens (including phenoxy) is 1. The van der Waals surface area contributed by atoms with Gasteiger partial charge in [-0.2, -0.15) is 0 Å². The topological polar surface area (TPSA) is 74.2 Å². The third-order valence-corrected chi connectivity index (χ3v) is 3.07. The molecule has 0 unspecified atom stereocenters. The molecule has 1 aliphatic carbocycles. The molecule has 16 heavy (non-hydrogen) atoms. The van der Waals surface area contributed by atoms with Crippen LogP contribution in [0.25, 0.3) is 0 Å². The SMILES string of the molecule is NCc1cccnc1OC1CCC(N)CC1. The molecule has 4 N–H and O–H groups in total. The lowest BCUT2D eigenvalue weighted by Crippen LogP contribution is -2.32. The van der Waals surface area contributed by atoms with Crippen molar-refractivity contribution in [2.75, 3.05) is 0 Å². The number of nitrogens with zero attached hydrogens (tertiary/aromatic N) is 1. The third-order valence-electron chi connectivity index (χ3n) is 3.07. The summed E-state index contributed by atoms with van der Waals surface area (Å²) in [7, 11) is 0. The predicted molar refractivity (Wildman–Crippen MR) is 63.0 cm³/mol. The van der Waals surface area contributed by atoms with Crippen LogP contribution < -0.4 is 16.2 Å². The van der Waals surface area contributed by atoms with Crippen LogP contribution in [0, 0.1) is 0 Å². The summed E-state index contributed by atoms with van der Waals surface area (Å²) in [6, 6.07) is 4.18. The molecule has 0 spiro atoms. The molecule has 4 heteroatoms. The Bertz CT molecular complexity index is 335. The van der Waals surface area contributed by atoms with Crippen molar-refractivity contribution in [3.05, 3.63) is 23.9 Å². The van der Waals surface area contributed by atoms with E-state index in [1.807, 2.05) is 12.1 Å². The Morgan fingerprint density at radius 1 is 1.31 bits per heavy atom. The van der Waals surface area contributed by atoms with Gasteiger partial charge in [0, 0.05) is 24.3 Å². The lowest BCUT2D eigenvalue weighted by atomic mass is 9.94. The molecule has 0 aromatic carbocycles. The Balaban J connectivity index is 1.98. The highest BCUT2D eigenvalue weighted by Gasteiger charge is 2.20. The Kier molecular flexibility index (Phi) is 3.74. The molecule has 1 fully saturated rings. The van der Waals surface area contributed by atoms with E-state index in [9.17, 15) is 0 Å². The van der Waals surface area contributed by atoms with E-state index in [0.717, 1.165) is 31.2 Å². The predicted octanol–water partition coefficient (Wildman–Crippen LogP) is 1.19. The summed E-state index contributed by atoms with van der Waals surface area (Å²) in [6.45, 7) is 0.468. The Hall–Kier alpha value is -1.13. The molecule has 88 valence electrons. The van der Waals surface area contributed by atoms with E-state index in [1.165, 1.54) is 0 Å². The Morgan fingerprint density at radius 2 is 2.06 bits per heavy atom. The lowest BCUT2D eigenvalue weighted by molar-refractivity contribution is 0.140. The summed E-state index contributed by atoms with van der Waals surface area (Å²) < 4.78 is 5.88. The highest BCUT2D eigenvalue weighted by atomic mass is 16.5. The van der Waals surface area contributed by atoms with Crippen molar-refractivity contribution in [1.29, 1.82) is 0 Å². The monoisotopic (exact) mass is 221 g/mol. The normalized spacial score (nSPS) is 25.4. The van der Waals surface area contributed by atoms with Gasteiger partial charge in [-0.05, 0) is 31.7 Å². The molecule has 0 aliphatic heterocycles. The first-order valence-corrected chi connectivity index (χ1v) is 5.86. The van der Waals surface area contributed by atoms with Crippen LogP contribution in [-0.4, -0.2) is 17.1 Å². The summed E-state index contributed by atoms with van der Waals surface area (Å²) in [5, 5.41) is 0. The van der Waals surface area contributed by atoms with E-state index in [-0.39, 0.29) is 6.10 Å². The fraction of sp³-hybridized carbons (Fsp3) is 0.583. The maximum Gasteiger partial charge on any atom is 0.218 e. The molecule has 1 aromatic heterocycles. The summed E-state index contributed by atoms with van der Waals surface area (Å²) in [5.41, 5.74) is 12.5. The summed E-state index contributed by atoms with van der Waals surface area (Å²) in [6.07, 6.45) is 6.09. The zero-order chi connectivity index (χ0) is 11.4. The number of nitrogens with two attached hydrogens (primary N) is 2. The molecule has 0 amide bonds. The average molecular weight is 221 g/mol. The third kappa shape index (κ3) is 2.71. The van der Waals surface area contributed by atoms with Gasteiger partial charge in [0.05, 0.1) is 0 Å². The lowest BCUT2D eigenvalue weighted by Gasteiger charge is -2.26. The second-order valence-corrected chi connectivity index (χ2v) is 4.33. The van der Waals surface area contributed by atoms with Crippen LogP contribution in [0.4, 0.5) is 0 Å². The van der Waals surface area contributed by atoms with Crippen LogP contribution in [-0.2, 0) is 6.54 Å². The van der Waals surface area contributed by atoms with Gasteiger partial charge in [0.1, 0.15) is 6.10 Å². The maximum atomic E-state index is 5.88. The standard InChI is InChI=1S/C12H19N3O/c13-8-9-2-1-7-15-12(9)16-11-5-3-10(14)4-6-11/h1-2,7,10-11H,3-6,8,13-14H2. The van der Waals surface area contributed by atoms with Gasteiger partial charge in [0.25, 0.3) is 0 Å². The minimum atomic E-state index is 0.250. The van der Waals surface area contributed by atoms with Gasteiger partial charge < -0.3 is 16.2 Å². The zero-order valence-corrected chi connectivity index (χ0v) is 9.43. The smallest absolute Gasteiger partial charge is 0.218 e. The molecular weight excluding hydrogens is 202 g/mol. The molecule has 0 atom stereocenters. The molecule has 0 bridgehead atoms. The number of pyridine rings is 1. The van der Waals surface area contributed by atoms with Gasteiger partial charge in [-0.15, -0.1) is 0 Å². The van der Waals surface area contributed by atoms with Crippen LogP contribution >= 0.6 is 0 Å². The summed E-state index contributed by atoms with van der Waals surface area (Å²) >= 11 is 0. The largest absolute Gasteiger partial charge is 0.474 e. The zero-order valence-electron chi connectivity index (χ0n) is 9.43. The van der Waals surface area contributed by atoms with Crippen molar-refractivity contribution < 1.29 is 4.74 Å². The number of hydrogen-bond donors (Lipinski definition) is 2. The van der Waals surface area contributed by atoms with Crippen LogP contribution in [0.5, 0.6) is 5.88 Å². The first-order chi connectivity index (χ1) is 7.79. The highest BCUT2D eigenvalue weighted by molar-refractivity contribution is 5.25. The van der Waals surface area contributed by atoms with Crippen LogP contribution in [0.2, 0.25) is 0 Å².